The second-order valence-electron chi connectivity index (χ2n) is 6.13. The largest absolute Gasteiger partial charge is 0.478 e. The van der Waals surface area contributed by atoms with Gasteiger partial charge in [-0.15, -0.1) is 0 Å². The summed E-state index contributed by atoms with van der Waals surface area (Å²) >= 11 is 6.21. The van der Waals surface area contributed by atoms with Crippen LogP contribution in [0.1, 0.15) is 42.5 Å². The molecule has 21 heavy (non-hydrogen) atoms. The summed E-state index contributed by atoms with van der Waals surface area (Å²) in [5, 5.41) is 19.6. The van der Waals surface area contributed by atoms with Gasteiger partial charge in [0.2, 0.25) is 0 Å². The maximum Gasteiger partial charge on any atom is 0.337 e. The van der Waals surface area contributed by atoms with Crippen molar-refractivity contribution in [2.45, 2.75) is 38.2 Å². The zero-order valence-corrected chi connectivity index (χ0v) is 12.5. The fraction of sp³-hybridized carbons (Fsp3) is 0.600. The van der Waals surface area contributed by atoms with Crippen LogP contribution < -0.4 is 4.90 Å². The molecule has 2 fully saturated rings. The number of aliphatic hydroxyl groups is 1. The van der Waals surface area contributed by atoms with Crippen molar-refractivity contribution in [2.75, 3.05) is 18.0 Å². The summed E-state index contributed by atoms with van der Waals surface area (Å²) in [4.78, 5) is 17.3. The average molecular weight is 311 g/mol. The van der Waals surface area contributed by atoms with Crippen LogP contribution >= 0.6 is 11.6 Å². The van der Waals surface area contributed by atoms with Crippen molar-refractivity contribution in [1.29, 1.82) is 0 Å². The summed E-state index contributed by atoms with van der Waals surface area (Å²) in [7, 11) is 0. The van der Waals surface area contributed by atoms with Crippen LogP contribution in [0, 0.1) is 5.41 Å². The third-order valence-corrected chi connectivity index (χ3v) is 5.11. The first-order valence-corrected chi connectivity index (χ1v) is 7.71. The molecule has 2 aliphatic rings. The number of anilines is 1. The van der Waals surface area contributed by atoms with E-state index in [4.69, 9.17) is 16.7 Å². The van der Waals surface area contributed by atoms with E-state index in [1.807, 2.05) is 0 Å². The quantitative estimate of drug-likeness (QED) is 0.878. The molecule has 2 heterocycles. The van der Waals surface area contributed by atoms with E-state index in [-0.39, 0.29) is 17.1 Å². The van der Waals surface area contributed by atoms with E-state index in [1.165, 1.54) is 12.3 Å². The SMILES string of the molecule is O=C(O)c1cnc(N2CCC[C@]3(CCC[C@H]3O)C2)c(Cl)c1. The van der Waals surface area contributed by atoms with Crippen molar-refractivity contribution in [3.63, 3.8) is 0 Å². The molecule has 6 heteroatoms. The lowest BCUT2D eigenvalue weighted by atomic mass is 9.76. The smallest absolute Gasteiger partial charge is 0.337 e. The number of aromatic carboxylic acids is 1. The van der Waals surface area contributed by atoms with Gasteiger partial charge in [0.1, 0.15) is 5.82 Å². The fourth-order valence-corrected chi connectivity index (χ4v) is 4.00. The summed E-state index contributed by atoms with van der Waals surface area (Å²) in [6, 6.07) is 1.44. The van der Waals surface area contributed by atoms with Gasteiger partial charge in [0.05, 0.1) is 16.7 Å². The van der Waals surface area contributed by atoms with Crippen molar-refractivity contribution in [3.8, 4) is 0 Å². The minimum absolute atomic E-state index is 0.0469. The van der Waals surface area contributed by atoms with E-state index >= 15 is 0 Å². The number of hydrogen-bond donors (Lipinski definition) is 2. The van der Waals surface area contributed by atoms with Crippen molar-refractivity contribution < 1.29 is 15.0 Å². The Hall–Kier alpha value is -1.33. The highest BCUT2D eigenvalue weighted by Gasteiger charge is 2.45. The second-order valence-corrected chi connectivity index (χ2v) is 6.54. The molecule has 1 aromatic heterocycles. The highest BCUT2D eigenvalue weighted by Crippen LogP contribution is 2.46. The first kappa shape index (κ1) is 14.6. The molecule has 1 aliphatic carbocycles. The molecule has 1 aliphatic heterocycles. The number of rotatable bonds is 2. The molecular formula is C15H19ClN2O3. The number of pyridine rings is 1. The number of aromatic nitrogens is 1. The van der Waals surface area contributed by atoms with E-state index < -0.39 is 5.97 Å². The predicted molar refractivity (Wildman–Crippen MR) is 79.9 cm³/mol. The molecule has 1 saturated carbocycles. The van der Waals surface area contributed by atoms with Gasteiger partial charge in [-0.2, -0.15) is 0 Å². The maximum absolute atomic E-state index is 10.9. The topological polar surface area (TPSA) is 73.7 Å². The van der Waals surface area contributed by atoms with Gasteiger partial charge in [0, 0.05) is 24.7 Å². The van der Waals surface area contributed by atoms with E-state index in [0.29, 0.717) is 10.8 Å². The Balaban J connectivity index is 1.85. The van der Waals surface area contributed by atoms with Crippen LogP contribution in [0.4, 0.5) is 5.82 Å². The zero-order chi connectivity index (χ0) is 15.0. The van der Waals surface area contributed by atoms with Gasteiger partial charge in [0.15, 0.2) is 0 Å². The molecule has 2 atom stereocenters. The van der Waals surface area contributed by atoms with Crippen LogP contribution in [0.15, 0.2) is 12.3 Å². The van der Waals surface area contributed by atoms with E-state index in [2.05, 4.69) is 9.88 Å². The summed E-state index contributed by atoms with van der Waals surface area (Å²) in [6.45, 7) is 1.58. The molecule has 1 aromatic rings. The van der Waals surface area contributed by atoms with Gasteiger partial charge in [-0.3, -0.25) is 0 Å². The molecule has 0 amide bonds. The van der Waals surface area contributed by atoms with Crippen LogP contribution in [-0.2, 0) is 0 Å². The highest BCUT2D eigenvalue weighted by molar-refractivity contribution is 6.33. The summed E-state index contributed by atoms with van der Waals surface area (Å²) in [5.41, 5.74) is 0.0470. The number of nitrogens with zero attached hydrogens (tertiary/aromatic N) is 2. The highest BCUT2D eigenvalue weighted by atomic mass is 35.5. The summed E-state index contributed by atoms with van der Waals surface area (Å²) < 4.78 is 0. The molecule has 3 rings (SSSR count). The summed E-state index contributed by atoms with van der Waals surface area (Å²) in [6.07, 6.45) is 6.09. The summed E-state index contributed by atoms with van der Waals surface area (Å²) in [5.74, 6) is -0.405. The van der Waals surface area contributed by atoms with Crippen LogP contribution in [0.3, 0.4) is 0 Å². The maximum atomic E-state index is 10.9. The average Bonchev–Trinajstić information content (AvgIpc) is 2.79. The minimum atomic E-state index is -1.03. The first-order chi connectivity index (χ1) is 10.0. The number of carbonyl (C=O) groups is 1. The normalized spacial score (nSPS) is 29.0. The molecular weight excluding hydrogens is 292 g/mol. The molecule has 5 nitrogen and oxygen atoms in total. The molecule has 0 unspecified atom stereocenters. The van der Waals surface area contributed by atoms with Crippen molar-refractivity contribution in [3.05, 3.63) is 22.8 Å². The Labute approximate surface area is 128 Å². The Kier molecular flexibility index (Phi) is 3.80. The molecule has 0 bridgehead atoms. The Bertz CT molecular complexity index is 566. The fourth-order valence-electron chi connectivity index (χ4n) is 3.72. The van der Waals surface area contributed by atoms with Gasteiger partial charge in [-0.25, -0.2) is 9.78 Å². The monoisotopic (exact) mass is 310 g/mol. The molecule has 1 saturated heterocycles. The Morgan fingerprint density at radius 3 is 2.81 bits per heavy atom. The second kappa shape index (κ2) is 5.46. The van der Waals surface area contributed by atoms with Crippen LogP contribution in [0.5, 0.6) is 0 Å². The third-order valence-electron chi connectivity index (χ3n) is 4.84. The molecule has 0 radical (unpaired) electrons. The van der Waals surface area contributed by atoms with Crippen molar-refractivity contribution >= 4 is 23.4 Å². The lowest BCUT2D eigenvalue weighted by Gasteiger charge is -2.43. The van der Waals surface area contributed by atoms with E-state index in [9.17, 15) is 9.90 Å². The number of halogens is 1. The van der Waals surface area contributed by atoms with Gasteiger partial charge in [-0.1, -0.05) is 18.0 Å². The standard InChI is InChI=1S/C15H19ClN2O3/c16-11-7-10(14(20)21)8-17-13(11)18-6-2-5-15(9-18)4-1-3-12(15)19/h7-8,12,19H,1-6,9H2,(H,20,21)/t12-,15-/m1/s1. The van der Waals surface area contributed by atoms with Gasteiger partial charge in [0.25, 0.3) is 0 Å². The predicted octanol–water partition coefficient (Wildman–Crippen LogP) is 2.56. The number of piperidine rings is 1. The molecule has 0 aromatic carbocycles. The molecule has 114 valence electrons. The lowest BCUT2D eigenvalue weighted by Crippen LogP contribution is -2.47. The van der Waals surface area contributed by atoms with Crippen molar-refractivity contribution in [1.82, 2.24) is 4.98 Å². The van der Waals surface area contributed by atoms with Crippen LogP contribution in [0.25, 0.3) is 0 Å². The van der Waals surface area contributed by atoms with Gasteiger partial charge in [-0.05, 0) is 31.7 Å². The van der Waals surface area contributed by atoms with Crippen LogP contribution in [-0.4, -0.2) is 40.4 Å². The number of hydrogen-bond acceptors (Lipinski definition) is 4. The van der Waals surface area contributed by atoms with Crippen molar-refractivity contribution in [2.24, 2.45) is 5.41 Å². The van der Waals surface area contributed by atoms with E-state index in [1.54, 1.807) is 0 Å². The van der Waals surface area contributed by atoms with E-state index in [0.717, 1.165) is 45.2 Å². The minimum Gasteiger partial charge on any atom is -0.478 e. The zero-order valence-electron chi connectivity index (χ0n) is 11.8. The molecule has 1 spiro atoms. The first-order valence-electron chi connectivity index (χ1n) is 7.34. The Morgan fingerprint density at radius 1 is 1.43 bits per heavy atom. The lowest BCUT2D eigenvalue weighted by molar-refractivity contribution is 0.0408. The number of carboxylic acids is 1. The number of aliphatic hydroxyl groups excluding tert-OH is 1. The molecule has 2 N–H and O–H groups in total. The number of carboxylic acid groups (broad SMARTS) is 1. The van der Waals surface area contributed by atoms with Crippen LogP contribution in [0.2, 0.25) is 5.02 Å². The third kappa shape index (κ3) is 2.60. The Morgan fingerprint density at radius 2 is 2.19 bits per heavy atom. The van der Waals surface area contributed by atoms with Gasteiger partial charge < -0.3 is 15.1 Å². The van der Waals surface area contributed by atoms with Gasteiger partial charge >= 0.3 is 5.97 Å².